The molecule has 0 fully saturated rings. The van der Waals surface area contributed by atoms with Crippen molar-refractivity contribution in [2.45, 2.75) is 84.7 Å². The Labute approximate surface area is 222 Å². The lowest BCUT2D eigenvalue weighted by Gasteiger charge is -2.35. The second kappa shape index (κ2) is 13.6. The number of ether oxygens (including phenoxy) is 2. The van der Waals surface area contributed by atoms with Gasteiger partial charge >= 0.3 is 5.97 Å². The molecule has 0 spiro atoms. The van der Waals surface area contributed by atoms with E-state index in [2.05, 4.69) is 11.6 Å². The van der Waals surface area contributed by atoms with Crippen molar-refractivity contribution >= 4 is 40.8 Å². The summed E-state index contributed by atoms with van der Waals surface area (Å²) in [5.41, 5.74) is 0.347. The first-order chi connectivity index (χ1) is 16.9. The van der Waals surface area contributed by atoms with Crippen LogP contribution in [0.1, 0.15) is 64.1 Å². The zero-order valence-electron chi connectivity index (χ0n) is 21.7. The Morgan fingerprint density at radius 1 is 1.33 bits per heavy atom. The highest BCUT2D eigenvalue weighted by Gasteiger charge is 2.44. The van der Waals surface area contributed by atoms with Crippen LogP contribution in [0.4, 0.5) is 0 Å². The van der Waals surface area contributed by atoms with Crippen molar-refractivity contribution in [3.63, 3.8) is 0 Å². The van der Waals surface area contributed by atoms with E-state index in [1.54, 1.807) is 32.9 Å². The van der Waals surface area contributed by atoms with E-state index < -0.39 is 48.1 Å². The van der Waals surface area contributed by atoms with Crippen LogP contribution >= 0.6 is 22.9 Å². The van der Waals surface area contributed by atoms with Gasteiger partial charge in [-0.3, -0.25) is 9.59 Å². The van der Waals surface area contributed by atoms with Gasteiger partial charge in [0.1, 0.15) is 11.9 Å². The van der Waals surface area contributed by atoms with E-state index in [-0.39, 0.29) is 12.2 Å². The molecule has 200 valence electrons. The van der Waals surface area contributed by atoms with Crippen molar-refractivity contribution in [1.82, 2.24) is 4.98 Å². The Hall–Kier alpha value is -1.84. The van der Waals surface area contributed by atoms with Gasteiger partial charge in [-0.2, -0.15) is 0 Å². The molecule has 9 heteroatoms. The summed E-state index contributed by atoms with van der Waals surface area (Å²) in [6.45, 7) is 12.7. The third kappa shape index (κ3) is 8.35. The molecule has 0 bridgehead atoms. The molecule has 2 rings (SSSR count). The normalized spacial score (nSPS) is 30.8. The first kappa shape index (κ1) is 30.4. The number of cyclic esters (lactones) is 1. The Bertz CT molecular complexity index is 985. The minimum Gasteiger partial charge on any atom is -0.456 e. The zero-order valence-corrected chi connectivity index (χ0v) is 23.3. The summed E-state index contributed by atoms with van der Waals surface area (Å²) in [6, 6.07) is 0. The molecule has 0 saturated heterocycles. The van der Waals surface area contributed by atoms with Crippen LogP contribution in [0.3, 0.4) is 0 Å². The van der Waals surface area contributed by atoms with Gasteiger partial charge in [0, 0.05) is 11.8 Å². The van der Waals surface area contributed by atoms with Crippen LogP contribution in [0.5, 0.6) is 0 Å². The van der Waals surface area contributed by atoms with Crippen molar-refractivity contribution in [3.8, 4) is 0 Å². The van der Waals surface area contributed by atoms with Crippen LogP contribution in [-0.4, -0.2) is 58.0 Å². The van der Waals surface area contributed by atoms with Crippen molar-refractivity contribution in [2.24, 2.45) is 11.3 Å². The fraction of sp³-hybridized carbons (Fsp3) is 0.593. The summed E-state index contributed by atoms with van der Waals surface area (Å²) in [7, 11) is 0. The molecule has 1 aliphatic heterocycles. The van der Waals surface area contributed by atoms with Crippen LogP contribution in [0.25, 0.3) is 6.08 Å². The quantitative estimate of drug-likeness (QED) is 0.410. The maximum atomic E-state index is 13.4. The Balaban J connectivity index is 2.37. The molecule has 0 aromatic carbocycles. The molecule has 0 saturated carbocycles. The monoisotopic (exact) mass is 539 g/mol. The first-order valence-electron chi connectivity index (χ1n) is 12.1. The number of nitrogens with zero attached hydrogens (tertiary/aromatic N) is 1. The van der Waals surface area contributed by atoms with E-state index in [0.29, 0.717) is 30.2 Å². The maximum absolute atomic E-state index is 13.4. The molecule has 7 nitrogen and oxygen atoms in total. The van der Waals surface area contributed by atoms with Gasteiger partial charge in [0.25, 0.3) is 0 Å². The molecular formula is C27H38ClNO6S. The van der Waals surface area contributed by atoms with E-state index >= 15 is 0 Å². The van der Waals surface area contributed by atoms with E-state index in [0.717, 1.165) is 10.6 Å². The number of aliphatic hydroxyl groups is 2. The predicted molar refractivity (Wildman–Crippen MR) is 143 cm³/mol. The van der Waals surface area contributed by atoms with E-state index in [1.165, 1.54) is 11.3 Å². The highest BCUT2D eigenvalue weighted by Crippen LogP contribution is 2.33. The van der Waals surface area contributed by atoms with Gasteiger partial charge in [0.05, 0.1) is 58.4 Å². The second-order valence-electron chi connectivity index (χ2n) is 9.84. The Morgan fingerprint density at radius 2 is 2.03 bits per heavy atom. The molecule has 0 aliphatic carbocycles. The molecule has 0 amide bonds. The van der Waals surface area contributed by atoms with Crippen LogP contribution in [-0.2, 0) is 19.1 Å². The number of thiazole rings is 1. The van der Waals surface area contributed by atoms with Crippen LogP contribution in [0.15, 0.2) is 34.7 Å². The van der Waals surface area contributed by atoms with Gasteiger partial charge in [0.15, 0.2) is 0 Å². The van der Waals surface area contributed by atoms with E-state index in [4.69, 9.17) is 21.1 Å². The van der Waals surface area contributed by atoms with Crippen molar-refractivity contribution in [1.29, 1.82) is 0 Å². The highest BCUT2D eigenvalue weighted by atomic mass is 35.5. The molecule has 1 aromatic rings. The lowest BCUT2D eigenvalue weighted by atomic mass is 9.72. The number of aryl methyl sites for hydroxylation is 1. The van der Waals surface area contributed by atoms with Gasteiger partial charge < -0.3 is 19.7 Å². The number of halogens is 1. The van der Waals surface area contributed by atoms with Gasteiger partial charge in [-0.15, -0.1) is 17.9 Å². The lowest BCUT2D eigenvalue weighted by molar-refractivity contribution is -0.155. The largest absolute Gasteiger partial charge is 0.456 e. The number of allylic oxidation sites excluding steroid dienone is 1. The van der Waals surface area contributed by atoms with Crippen LogP contribution < -0.4 is 0 Å². The number of ketones is 1. The number of aromatic nitrogens is 1. The molecule has 36 heavy (non-hydrogen) atoms. The predicted octanol–water partition coefficient (Wildman–Crippen LogP) is 4.99. The van der Waals surface area contributed by atoms with Gasteiger partial charge in [-0.05, 0) is 39.7 Å². The van der Waals surface area contributed by atoms with Crippen LogP contribution in [0, 0.1) is 18.3 Å². The van der Waals surface area contributed by atoms with Crippen molar-refractivity contribution in [3.05, 3.63) is 45.4 Å². The smallest absolute Gasteiger partial charge is 0.309 e. The maximum Gasteiger partial charge on any atom is 0.309 e. The molecular weight excluding hydrogens is 502 g/mol. The van der Waals surface area contributed by atoms with Gasteiger partial charge in [-0.25, -0.2) is 4.98 Å². The average Bonchev–Trinajstić information content (AvgIpc) is 3.22. The number of hydrogen-bond acceptors (Lipinski definition) is 8. The summed E-state index contributed by atoms with van der Waals surface area (Å²) < 4.78 is 11.5. The third-order valence-corrected chi connectivity index (χ3v) is 7.68. The van der Waals surface area contributed by atoms with E-state index in [9.17, 15) is 19.8 Å². The third-order valence-electron chi connectivity index (χ3n) is 6.54. The standard InChI is InChI=1S/C27H38ClNO6S/c1-7-8-20-25(32)17(3)34-12-11-16(2)9-10-22(21(28)13-19-15-36-18(4)29-19)35-24(31)14-23(30)27(5,6)26(20)33/h7,9,13,15,17,20,22-23,25,30,32H,1,8,10-12,14H2,2-6H3/b16-9-,21-13-/t17-,20-,22+,23+,25-/m1/s1. The number of carbonyl (C=O) groups is 2. The van der Waals surface area contributed by atoms with E-state index in [1.807, 2.05) is 25.3 Å². The molecule has 2 heterocycles. The summed E-state index contributed by atoms with van der Waals surface area (Å²) >= 11 is 8.05. The van der Waals surface area contributed by atoms with Gasteiger partial charge in [-0.1, -0.05) is 43.2 Å². The summed E-state index contributed by atoms with van der Waals surface area (Å²) in [4.78, 5) is 30.7. The summed E-state index contributed by atoms with van der Waals surface area (Å²) in [6.07, 6.45) is 2.09. The fourth-order valence-electron chi connectivity index (χ4n) is 3.98. The number of esters is 1. The lowest BCUT2D eigenvalue weighted by Crippen LogP contribution is -2.48. The minimum atomic E-state index is -1.33. The summed E-state index contributed by atoms with van der Waals surface area (Å²) in [5, 5.41) is 24.9. The highest BCUT2D eigenvalue weighted by molar-refractivity contribution is 7.09. The first-order valence-corrected chi connectivity index (χ1v) is 13.4. The molecule has 0 unspecified atom stereocenters. The average molecular weight is 540 g/mol. The second-order valence-corrected chi connectivity index (χ2v) is 11.3. The van der Waals surface area contributed by atoms with Gasteiger partial charge in [0.2, 0.25) is 0 Å². The fourth-order valence-corrected chi connectivity index (χ4v) is 4.80. The Morgan fingerprint density at radius 3 is 2.64 bits per heavy atom. The number of aliphatic hydroxyl groups excluding tert-OH is 2. The number of hydrogen-bond donors (Lipinski definition) is 2. The molecule has 1 aliphatic rings. The number of rotatable bonds is 4. The topological polar surface area (TPSA) is 106 Å². The van der Waals surface area contributed by atoms with Crippen molar-refractivity contribution in [2.75, 3.05) is 6.61 Å². The summed E-state index contributed by atoms with van der Waals surface area (Å²) in [5.74, 6) is -1.89. The number of Topliss-reactive ketones (excluding diaryl/α,β-unsaturated/α-hetero) is 1. The minimum absolute atomic E-state index is 0.214. The van der Waals surface area contributed by atoms with Crippen molar-refractivity contribution < 1.29 is 29.3 Å². The zero-order chi connectivity index (χ0) is 27.0. The SMILES string of the molecule is C=CC[C@H]1C(=O)C(C)(C)[C@@H](O)CC(=O)O[C@H](/C(Cl)=C/c2csc(C)n2)C/C=C(/C)CCO[C@H](C)[C@H]1O. The molecule has 2 N–H and O–H groups in total. The Kier molecular flexibility index (Phi) is 11.5. The molecule has 5 atom stereocenters. The number of carbonyl (C=O) groups excluding carboxylic acids is 2. The molecule has 0 radical (unpaired) electrons. The molecule has 1 aromatic heterocycles. The van der Waals surface area contributed by atoms with Crippen LogP contribution in [0.2, 0.25) is 0 Å².